The molecule has 0 saturated heterocycles. The first kappa shape index (κ1) is 14.0. The second-order valence-corrected chi connectivity index (χ2v) is 4.04. The Morgan fingerprint density at radius 3 is 2.61 bits per heavy atom. The normalized spacial score (nSPS) is 10.2. The topological polar surface area (TPSA) is 78.4 Å². The molecule has 0 unspecified atom stereocenters. The number of rotatable bonds is 5. The number of carbonyl (C=O) groups is 2. The first-order valence-corrected chi connectivity index (χ1v) is 5.47. The standard InChI is InChI=1S/C12H15FN2O3/c1-7(2)15-10(16)6-14-11-8(12(17)18)4-3-5-9(11)13/h3-5,7,14H,6H2,1-2H3,(H,15,16)(H,17,18). The van der Waals surface area contributed by atoms with Crippen molar-refractivity contribution in [2.75, 3.05) is 11.9 Å². The van der Waals surface area contributed by atoms with Crippen molar-refractivity contribution >= 4 is 17.6 Å². The molecule has 0 saturated carbocycles. The smallest absolute Gasteiger partial charge is 0.337 e. The van der Waals surface area contributed by atoms with Crippen LogP contribution in [0.4, 0.5) is 10.1 Å². The molecule has 0 bridgehead atoms. The SMILES string of the molecule is CC(C)NC(=O)CNc1c(F)cccc1C(=O)O. The van der Waals surface area contributed by atoms with Crippen LogP contribution in [0, 0.1) is 5.82 Å². The van der Waals surface area contributed by atoms with E-state index in [2.05, 4.69) is 10.6 Å². The van der Waals surface area contributed by atoms with Crippen molar-refractivity contribution in [1.82, 2.24) is 5.32 Å². The average Bonchev–Trinajstić information content (AvgIpc) is 2.25. The number of halogens is 1. The van der Waals surface area contributed by atoms with Crippen LogP contribution in [0.1, 0.15) is 24.2 Å². The van der Waals surface area contributed by atoms with Gasteiger partial charge >= 0.3 is 5.97 Å². The van der Waals surface area contributed by atoms with Crippen LogP contribution < -0.4 is 10.6 Å². The minimum absolute atomic E-state index is 0.0288. The predicted molar refractivity (Wildman–Crippen MR) is 65.1 cm³/mol. The fourth-order valence-corrected chi connectivity index (χ4v) is 1.42. The van der Waals surface area contributed by atoms with Gasteiger partial charge in [0.15, 0.2) is 0 Å². The molecule has 0 atom stereocenters. The molecule has 18 heavy (non-hydrogen) atoms. The van der Waals surface area contributed by atoms with Crippen molar-refractivity contribution in [2.45, 2.75) is 19.9 Å². The van der Waals surface area contributed by atoms with Gasteiger partial charge in [-0.05, 0) is 26.0 Å². The molecule has 5 nitrogen and oxygen atoms in total. The summed E-state index contributed by atoms with van der Waals surface area (Å²) in [5.74, 6) is -2.28. The number of carboxylic acid groups (broad SMARTS) is 1. The van der Waals surface area contributed by atoms with Gasteiger partial charge in [0.1, 0.15) is 5.82 Å². The van der Waals surface area contributed by atoms with Crippen molar-refractivity contribution in [2.24, 2.45) is 0 Å². The molecule has 0 fully saturated rings. The summed E-state index contributed by atoms with van der Waals surface area (Å²) in [5, 5.41) is 14.0. The minimum atomic E-state index is -1.25. The third kappa shape index (κ3) is 3.73. The fraction of sp³-hybridized carbons (Fsp3) is 0.333. The number of para-hydroxylation sites is 1. The molecule has 0 aliphatic heterocycles. The van der Waals surface area contributed by atoms with E-state index in [0.29, 0.717) is 0 Å². The van der Waals surface area contributed by atoms with Gasteiger partial charge in [-0.2, -0.15) is 0 Å². The second kappa shape index (κ2) is 6.00. The molecule has 1 aromatic rings. The lowest BCUT2D eigenvalue weighted by molar-refractivity contribution is -0.119. The van der Waals surface area contributed by atoms with E-state index in [1.54, 1.807) is 13.8 Å². The molecule has 0 heterocycles. The van der Waals surface area contributed by atoms with Crippen LogP contribution in [0.15, 0.2) is 18.2 Å². The van der Waals surface area contributed by atoms with Crippen molar-refractivity contribution in [3.05, 3.63) is 29.6 Å². The number of amides is 1. The number of hydrogen-bond donors (Lipinski definition) is 3. The highest BCUT2D eigenvalue weighted by Gasteiger charge is 2.14. The van der Waals surface area contributed by atoms with Gasteiger partial charge in [-0.3, -0.25) is 4.79 Å². The predicted octanol–water partition coefficient (Wildman–Crippen LogP) is 1.46. The fourth-order valence-electron chi connectivity index (χ4n) is 1.42. The Morgan fingerprint density at radius 2 is 2.06 bits per heavy atom. The van der Waals surface area contributed by atoms with Crippen LogP contribution in [0.5, 0.6) is 0 Å². The van der Waals surface area contributed by atoms with E-state index >= 15 is 0 Å². The van der Waals surface area contributed by atoms with E-state index in [1.165, 1.54) is 12.1 Å². The second-order valence-electron chi connectivity index (χ2n) is 4.04. The Labute approximate surface area is 104 Å². The van der Waals surface area contributed by atoms with E-state index in [1.807, 2.05) is 0 Å². The Morgan fingerprint density at radius 1 is 1.39 bits per heavy atom. The Bertz CT molecular complexity index is 461. The average molecular weight is 254 g/mol. The third-order valence-corrected chi connectivity index (χ3v) is 2.12. The highest BCUT2D eigenvalue weighted by molar-refractivity contribution is 5.95. The summed E-state index contributed by atoms with van der Waals surface area (Å²) < 4.78 is 13.5. The monoisotopic (exact) mass is 254 g/mol. The lowest BCUT2D eigenvalue weighted by atomic mass is 10.1. The van der Waals surface area contributed by atoms with Crippen LogP contribution in [-0.2, 0) is 4.79 Å². The summed E-state index contributed by atoms with van der Waals surface area (Å²) in [6.07, 6.45) is 0. The first-order chi connectivity index (χ1) is 8.41. The molecule has 0 aliphatic carbocycles. The van der Waals surface area contributed by atoms with Gasteiger partial charge in [-0.15, -0.1) is 0 Å². The molecule has 0 spiro atoms. The van der Waals surface area contributed by atoms with Gasteiger partial charge < -0.3 is 15.7 Å². The van der Waals surface area contributed by atoms with Crippen molar-refractivity contribution < 1.29 is 19.1 Å². The summed E-state index contributed by atoms with van der Waals surface area (Å²) in [5.41, 5.74) is -0.378. The zero-order chi connectivity index (χ0) is 13.7. The number of carboxylic acids is 1. The van der Waals surface area contributed by atoms with Gasteiger partial charge in [-0.1, -0.05) is 6.07 Å². The summed E-state index contributed by atoms with van der Waals surface area (Å²) >= 11 is 0. The molecule has 6 heteroatoms. The molecule has 1 rings (SSSR count). The molecule has 0 radical (unpaired) electrons. The molecular formula is C12H15FN2O3. The summed E-state index contributed by atoms with van der Waals surface area (Å²) in [4.78, 5) is 22.3. The molecule has 0 aliphatic rings. The Hall–Kier alpha value is -2.11. The highest BCUT2D eigenvalue weighted by atomic mass is 19.1. The van der Waals surface area contributed by atoms with Crippen molar-refractivity contribution in [1.29, 1.82) is 0 Å². The zero-order valence-electron chi connectivity index (χ0n) is 10.2. The maximum Gasteiger partial charge on any atom is 0.337 e. The number of nitrogens with one attached hydrogen (secondary N) is 2. The molecule has 1 amide bonds. The number of benzene rings is 1. The Kier molecular flexibility index (Phi) is 4.65. The molecule has 0 aromatic heterocycles. The molecule has 3 N–H and O–H groups in total. The quantitative estimate of drug-likeness (QED) is 0.743. The van der Waals surface area contributed by atoms with Crippen LogP contribution in [0.25, 0.3) is 0 Å². The maximum absolute atomic E-state index is 13.5. The lowest BCUT2D eigenvalue weighted by Gasteiger charge is -2.12. The van der Waals surface area contributed by atoms with Crippen LogP contribution in [0.2, 0.25) is 0 Å². The molecule has 98 valence electrons. The maximum atomic E-state index is 13.5. The summed E-state index contributed by atoms with van der Waals surface area (Å²) in [6.45, 7) is 3.41. The van der Waals surface area contributed by atoms with Gasteiger partial charge in [0, 0.05) is 6.04 Å². The molecular weight excluding hydrogens is 239 g/mol. The van der Waals surface area contributed by atoms with E-state index in [0.717, 1.165) is 6.07 Å². The van der Waals surface area contributed by atoms with Gasteiger partial charge in [0.05, 0.1) is 17.8 Å². The van der Waals surface area contributed by atoms with E-state index in [9.17, 15) is 14.0 Å². The van der Waals surface area contributed by atoms with Crippen molar-refractivity contribution in [3.8, 4) is 0 Å². The third-order valence-electron chi connectivity index (χ3n) is 2.12. The van der Waals surface area contributed by atoms with E-state index in [4.69, 9.17) is 5.11 Å². The molecule has 1 aromatic carbocycles. The van der Waals surface area contributed by atoms with Gasteiger partial charge in [-0.25, -0.2) is 9.18 Å². The van der Waals surface area contributed by atoms with Crippen LogP contribution in [-0.4, -0.2) is 29.6 Å². The number of aromatic carboxylic acids is 1. The summed E-state index contributed by atoms with van der Waals surface area (Å²) in [7, 11) is 0. The summed E-state index contributed by atoms with van der Waals surface area (Å²) in [6, 6.07) is 3.68. The van der Waals surface area contributed by atoms with Crippen LogP contribution >= 0.6 is 0 Å². The number of carbonyl (C=O) groups excluding carboxylic acids is 1. The largest absolute Gasteiger partial charge is 0.478 e. The number of anilines is 1. The Balaban J connectivity index is 2.78. The zero-order valence-corrected chi connectivity index (χ0v) is 10.2. The number of hydrogen-bond acceptors (Lipinski definition) is 3. The van der Waals surface area contributed by atoms with Crippen molar-refractivity contribution in [3.63, 3.8) is 0 Å². The first-order valence-electron chi connectivity index (χ1n) is 5.47. The minimum Gasteiger partial charge on any atom is -0.478 e. The lowest BCUT2D eigenvalue weighted by Crippen LogP contribution is -2.35. The van der Waals surface area contributed by atoms with Gasteiger partial charge in [0.25, 0.3) is 0 Å². The van der Waals surface area contributed by atoms with Gasteiger partial charge in [0.2, 0.25) is 5.91 Å². The van der Waals surface area contributed by atoms with Crippen LogP contribution in [0.3, 0.4) is 0 Å². The van der Waals surface area contributed by atoms with E-state index < -0.39 is 11.8 Å². The highest BCUT2D eigenvalue weighted by Crippen LogP contribution is 2.19. The van der Waals surface area contributed by atoms with E-state index in [-0.39, 0.29) is 29.7 Å².